The van der Waals surface area contributed by atoms with Crippen LogP contribution in [0.3, 0.4) is 0 Å². The maximum absolute atomic E-state index is 12.7. The minimum absolute atomic E-state index is 0.0280. The van der Waals surface area contributed by atoms with E-state index in [0.717, 1.165) is 70.6 Å². The van der Waals surface area contributed by atoms with Crippen molar-refractivity contribution in [2.75, 3.05) is 47.5 Å². The van der Waals surface area contributed by atoms with Crippen LogP contribution >= 0.6 is 7.82 Å². The predicted molar refractivity (Wildman–Crippen MR) is 224 cm³/mol. The van der Waals surface area contributed by atoms with Gasteiger partial charge >= 0.3 is 19.8 Å². The van der Waals surface area contributed by atoms with Gasteiger partial charge in [-0.2, -0.15) is 0 Å². The Hall–Kier alpha value is -1.77. The molecule has 0 aliphatic rings. The highest BCUT2D eigenvalue weighted by Gasteiger charge is 2.27. The molecule has 9 nitrogen and oxygen atoms in total. The molecule has 0 saturated heterocycles. The van der Waals surface area contributed by atoms with E-state index in [2.05, 4.69) is 50.3 Å². The molecule has 0 radical (unpaired) electrons. The van der Waals surface area contributed by atoms with Crippen LogP contribution < -0.4 is 0 Å². The number of ether oxygens (including phenoxy) is 2. The zero-order valence-corrected chi connectivity index (χ0v) is 36.3. The van der Waals surface area contributed by atoms with Gasteiger partial charge in [0, 0.05) is 12.8 Å². The highest BCUT2D eigenvalue weighted by molar-refractivity contribution is 7.47. The number of unbranched alkanes of at least 4 members (excludes halogenated alkanes) is 20. The van der Waals surface area contributed by atoms with E-state index in [0.29, 0.717) is 17.4 Å². The second-order valence-electron chi connectivity index (χ2n) is 15.8. The number of carbonyl (C=O) groups is 2. The first-order valence-corrected chi connectivity index (χ1v) is 23.2. The van der Waals surface area contributed by atoms with Gasteiger partial charge < -0.3 is 18.9 Å². The van der Waals surface area contributed by atoms with Gasteiger partial charge in [0.15, 0.2) is 6.10 Å². The molecule has 0 fully saturated rings. The van der Waals surface area contributed by atoms with Crippen LogP contribution in [0.25, 0.3) is 0 Å². The Morgan fingerprint density at radius 3 is 1.48 bits per heavy atom. The molecule has 0 aliphatic heterocycles. The van der Waals surface area contributed by atoms with E-state index < -0.39 is 26.5 Å². The summed E-state index contributed by atoms with van der Waals surface area (Å²) < 4.78 is 34.3. The van der Waals surface area contributed by atoms with Crippen LogP contribution in [0.2, 0.25) is 0 Å². The molecule has 0 heterocycles. The van der Waals surface area contributed by atoms with Crippen LogP contribution in [-0.2, 0) is 32.7 Å². The number of allylic oxidation sites excluding steroid dienone is 6. The first-order chi connectivity index (χ1) is 26.0. The molecule has 0 aliphatic carbocycles. The summed E-state index contributed by atoms with van der Waals surface area (Å²) in [6.07, 6.45) is 40.4. The van der Waals surface area contributed by atoms with Crippen LogP contribution in [0.5, 0.6) is 0 Å². The van der Waals surface area contributed by atoms with Crippen molar-refractivity contribution in [1.29, 1.82) is 0 Å². The Morgan fingerprint density at radius 1 is 0.574 bits per heavy atom. The van der Waals surface area contributed by atoms with E-state index in [9.17, 15) is 19.0 Å². The Balaban J connectivity index is 4.40. The van der Waals surface area contributed by atoms with Crippen LogP contribution in [0.1, 0.15) is 181 Å². The minimum atomic E-state index is -4.38. The van der Waals surface area contributed by atoms with Crippen molar-refractivity contribution in [3.05, 3.63) is 36.5 Å². The number of likely N-dealkylation sites (N-methyl/N-ethyl adjacent to an activating group) is 1. The van der Waals surface area contributed by atoms with Crippen LogP contribution in [0, 0.1) is 0 Å². The predicted octanol–water partition coefficient (Wildman–Crippen LogP) is 12.1. The molecule has 54 heavy (non-hydrogen) atoms. The van der Waals surface area contributed by atoms with Crippen molar-refractivity contribution in [2.24, 2.45) is 0 Å². The maximum Gasteiger partial charge on any atom is 0.472 e. The molecule has 0 aromatic carbocycles. The van der Waals surface area contributed by atoms with E-state index >= 15 is 0 Å². The smallest absolute Gasteiger partial charge is 0.462 e. The lowest BCUT2D eigenvalue weighted by Gasteiger charge is -2.24. The van der Waals surface area contributed by atoms with E-state index in [-0.39, 0.29) is 32.0 Å². The third-order valence-electron chi connectivity index (χ3n) is 9.17. The van der Waals surface area contributed by atoms with Gasteiger partial charge in [-0.25, -0.2) is 4.57 Å². The number of phosphoric acid groups is 1. The van der Waals surface area contributed by atoms with E-state index in [1.165, 1.54) is 77.0 Å². The molecule has 0 spiro atoms. The third-order valence-corrected chi connectivity index (χ3v) is 10.2. The lowest BCUT2D eigenvalue weighted by molar-refractivity contribution is -0.870. The average molecular weight is 785 g/mol. The standard InChI is InChI=1S/C44H82NO8P/c1-6-8-10-12-14-16-18-20-22-24-26-28-30-32-34-36-43(46)50-40-42(41-52-54(48,49)51-39-38-45(3,4)5)53-44(47)37-35-33-31-29-27-25-23-21-19-17-15-13-11-9-7-2/h16-20,22,42H,6-15,21,23-41H2,1-5H3/p+1/b18-16+,19-17+,22-20+/t42-/m1/s1. The van der Waals surface area contributed by atoms with E-state index in [4.69, 9.17) is 18.5 Å². The molecule has 0 rings (SSSR count). The van der Waals surface area contributed by atoms with Gasteiger partial charge in [0.1, 0.15) is 19.8 Å². The Labute approximate surface area is 331 Å². The molecule has 0 aromatic rings. The summed E-state index contributed by atoms with van der Waals surface area (Å²) in [6, 6.07) is 0. The van der Waals surface area contributed by atoms with Gasteiger partial charge in [-0.05, 0) is 64.2 Å². The number of phosphoric ester groups is 1. The Morgan fingerprint density at radius 2 is 1.00 bits per heavy atom. The summed E-state index contributed by atoms with van der Waals surface area (Å²) in [5.74, 6) is -0.821. The summed E-state index contributed by atoms with van der Waals surface area (Å²) >= 11 is 0. The van der Waals surface area contributed by atoms with Crippen molar-refractivity contribution in [3.8, 4) is 0 Å². The highest BCUT2D eigenvalue weighted by atomic mass is 31.2. The van der Waals surface area contributed by atoms with E-state index in [1.807, 2.05) is 21.1 Å². The molecule has 1 N–H and O–H groups in total. The monoisotopic (exact) mass is 785 g/mol. The van der Waals surface area contributed by atoms with Crippen molar-refractivity contribution < 1.29 is 42.1 Å². The molecule has 0 bridgehead atoms. The molecular weight excluding hydrogens is 701 g/mol. The summed E-state index contributed by atoms with van der Waals surface area (Å²) in [5.41, 5.74) is 0. The molecule has 10 heteroatoms. The largest absolute Gasteiger partial charge is 0.472 e. The number of quaternary nitrogens is 1. The Kier molecular flexibility index (Phi) is 35.6. The number of hydrogen-bond acceptors (Lipinski definition) is 7. The molecule has 316 valence electrons. The summed E-state index contributed by atoms with van der Waals surface area (Å²) in [4.78, 5) is 35.3. The molecule has 0 saturated carbocycles. The normalized spacial score (nSPS) is 14.0. The van der Waals surface area contributed by atoms with Crippen LogP contribution in [0.4, 0.5) is 0 Å². The number of hydrogen-bond donors (Lipinski definition) is 1. The van der Waals surface area contributed by atoms with Gasteiger partial charge in [-0.1, -0.05) is 140 Å². The van der Waals surface area contributed by atoms with Crippen molar-refractivity contribution in [2.45, 2.75) is 187 Å². The summed E-state index contributed by atoms with van der Waals surface area (Å²) in [6.45, 7) is 4.36. The molecule has 2 atom stereocenters. The lowest BCUT2D eigenvalue weighted by atomic mass is 10.1. The fourth-order valence-electron chi connectivity index (χ4n) is 5.70. The topological polar surface area (TPSA) is 108 Å². The van der Waals surface area contributed by atoms with Gasteiger partial charge in [0.25, 0.3) is 0 Å². The zero-order chi connectivity index (χ0) is 40.0. The third kappa shape index (κ3) is 39.9. The van der Waals surface area contributed by atoms with E-state index in [1.54, 1.807) is 0 Å². The first-order valence-electron chi connectivity index (χ1n) is 21.7. The van der Waals surface area contributed by atoms with Gasteiger partial charge in [0.05, 0.1) is 27.7 Å². The fraction of sp³-hybridized carbons (Fsp3) is 0.818. The van der Waals surface area contributed by atoms with Crippen LogP contribution in [0.15, 0.2) is 36.5 Å². The Bertz CT molecular complexity index is 1020. The van der Waals surface area contributed by atoms with Gasteiger partial charge in [-0.15, -0.1) is 0 Å². The molecule has 1 unspecified atom stereocenters. The SMILES string of the molecule is CCCCCC/C=C/C=C/CCCCCCCC(=O)OC[C@H](COP(=O)(O)OCC[N+](C)(C)C)OC(=O)CCCCCCCCC/C=C/CCCCCC. The van der Waals surface area contributed by atoms with Gasteiger partial charge in [-0.3, -0.25) is 18.6 Å². The van der Waals surface area contributed by atoms with Crippen molar-refractivity contribution in [1.82, 2.24) is 0 Å². The highest BCUT2D eigenvalue weighted by Crippen LogP contribution is 2.43. The molecular formula is C44H83NO8P+. The second-order valence-corrected chi connectivity index (χ2v) is 17.2. The molecule has 0 aromatic heterocycles. The first kappa shape index (κ1) is 52.2. The second kappa shape index (κ2) is 36.8. The fourth-order valence-corrected chi connectivity index (χ4v) is 6.45. The average Bonchev–Trinajstić information content (AvgIpc) is 3.12. The van der Waals surface area contributed by atoms with Crippen LogP contribution in [-0.4, -0.2) is 74.9 Å². The summed E-state index contributed by atoms with van der Waals surface area (Å²) in [5, 5.41) is 0. The quantitative estimate of drug-likeness (QED) is 0.0164. The minimum Gasteiger partial charge on any atom is -0.462 e. The number of rotatable bonds is 39. The number of nitrogens with zero attached hydrogens (tertiary/aromatic N) is 1. The van der Waals surface area contributed by atoms with Gasteiger partial charge in [0.2, 0.25) is 0 Å². The van der Waals surface area contributed by atoms with Crippen molar-refractivity contribution in [3.63, 3.8) is 0 Å². The summed E-state index contributed by atoms with van der Waals surface area (Å²) in [7, 11) is 1.46. The number of carbonyl (C=O) groups excluding carboxylic acids is 2. The van der Waals surface area contributed by atoms with Crippen molar-refractivity contribution >= 4 is 19.8 Å². The lowest BCUT2D eigenvalue weighted by Crippen LogP contribution is -2.37. The molecule has 0 amide bonds. The number of esters is 2. The maximum atomic E-state index is 12.7. The zero-order valence-electron chi connectivity index (χ0n) is 35.5.